The van der Waals surface area contributed by atoms with Crippen molar-refractivity contribution in [3.05, 3.63) is 213 Å². The van der Waals surface area contributed by atoms with Gasteiger partial charge in [0.1, 0.15) is 0 Å². The third-order valence-corrected chi connectivity index (χ3v) is 14.4. The number of benzene rings is 5. The second kappa shape index (κ2) is 17.3. The molecule has 9 nitrogen and oxygen atoms in total. The highest BCUT2D eigenvalue weighted by Gasteiger charge is 2.26. The van der Waals surface area contributed by atoms with Gasteiger partial charge in [-0.2, -0.15) is 0 Å². The van der Waals surface area contributed by atoms with E-state index in [4.69, 9.17) is 9.97 Å². The van der Waals surface area contributed by atoms with Gasteiger partial charge in [-0.15, -0.1) is 0 Å². The van der Waals surface area contributed by atoms with Gasteiger partial charge in [0.2, 0.25) is 0 Å². The van der Waals surface area contributed by atoms with Gasteiger partial charge < -0.3 is 30.0 Å². The van der Waals surface area contributed by atoms with Crippen molar-refractivity contribution in [2.24, 2.45) is 0 Å². The first-order valence-corrected chi connectivity index (χ1v) is 24.5. The van der Waals surface area contributed by atoms with Crippen LogP contribution in [0.15, 0.2) is 152 Å². The monoisotopic (exact) mass is 934 g/mol. The van der Waals surface area contributed by atoms with E-state index in [0.29, 0.717) is 30.9 Å². The van der Waals surface area contributed by atoms with Crippen LogP contribution in [-0.4, -0.2) is 66.6 Å². The van der Waals surface area contributed by atoms with E-state index >= 15 is 0 Å². The molecule has 0 aliphatic carbocycles. The zero-order chi connectivity index (χ0) is 48.5. The summed E-state index contributed by atoms with van der Waals surface area (Å²) < 4.78 is 0. The standard InChI is InChI=1S/C63H50N8O/c1-69-36-44(33-41-15-7-10-18-56(41)69)60-50-27-25-48(65-50)59(39-21-23-47(24-22-39)64-63(72)40-13-5-4-6-14-40)49-26-28-51(66-49)61(45-34-42-16-8-11-19-57(42)70(2)37-45)53-30-32-55(68-53)62(54-31-29-52(60)67-54)46-35-43-17-9-12-20-58(43)71(3)38-46/h4-35,65,68H,36-38H2,1-3H3,(H,64,72). The van der Waals surface area contributed by atoms with Gasteiger partial charge in [-0.1, -0.05) is 84.9 Å². The molecule has 0 saturated heterocycles. The molecule has 0 saturated carbocycles. The molecule has 3 N–H and O–H groups in total. The summed E-state index contributed by atoms with van der Waals surface area (Å²) in [6.07, 6.45) is 15.6. The van der Waals surface area contributed by atoms with Gasteiger partial charge in [0.25, 0.3) is 5.91 Å². The van der Waals surface area contributed by atoms with E-state index < -0.39 is 0 Å². The Labute approximate surface area is 418 Å². The third-order valence-electron chi connectivity index (χ3n) is 14.4. The Bertz CT molecular complexity index is 3820. The summed E-state index contributed by atoms with van der Waals surface area (Å²) in [4.78, 5) is 39.4. The smallest absolute Gasteiger partial charge is 0.255 e. The number of amides is 1. The van der Waals surface area contributed by atoms with Crippen LogP contribution in [0.1, 0.15) is 66.5 Å². The first-order chi connectivity index (χ1) is 35.3. The number of rotatable bonds is 6. The molecule has 3 aromatic heterocycles. The number of carbonyl (C=O) groups is 1. The molecular weight excluding hydrogens is 885 g/mol. The number of hydrogen-bond acceptors (Lipinski definition) is 6. The minimum absolute atomic E-state index is 0.159. The number of nitrogens with zero attached hydrogens (tertiary/aromatic N) is 5. The Morgan fingerprint density at radius 2 is 0.792 bits per heavy atom. The highest BCUT2D eigenvalue weighted by Crippen LogP contribution is 2.42. The fraction of sp³-hybridized carbons (Fsp3) is 0.0952. The van der Waals surface area contributed by atoms with Crippen LogP contribution in [0.2, 0.25) is 0 Å². The Hall–Kier alpha value is -9.21. The number of para-hydroxylation sites is 3. The normalized spacial score (nSPS) is 14.5. The lowest BCUT2D eigenvalue weighted by Crippen LogP contribution is -2.23. The Kier molecular flexibility index (Phi) is 10.3. The number of hydrogen-bond donors (Lipinski definition) is 3. The van der Waals surface area contributed by atoms with Crippen LogP contribution < -0.4 is 20.0 Å². The number of carbonyl (C=O) groups excluding carboxylic acids is 1. The van der Waals surface area contributed by atoms with Gasteiger partial charge in [-0.05, 0) is 148 Å². The first-order valence-electron chi connectivity index (χ1n) is 24.5. The lowest BCUT2D eigenvalue weighted by molar-refractivity contribution is 0.102. The van der Waals surface area contributed by atoms with Crippen LogP contribution >= 0.6 is 0 Å². The quantitative estimate of drug-likeness (QED) is 0.154. The van der Waals surface area contributed by atoms with Crippen LogP contribution in [0.3, 0.4) is 0 Å². The summed E-state index contributed by atoms with van der Waals surface area (Å²) in [5.74, 6) is -0.159. The number of anilines is 4. The fourth-order valence-electron chi connectivity index (χ4n) is 11.1. The van der Waals surface area contributed by atoms with Gasteiger partial charge in [0, 0.05) is 113 Å². The largest absolute Gasteiger partial charge is 0.370 e. The van der Waals surface area contributed by atoms with Gasteiger partial charge in [0.05, 0.1) is 22.8 Å². The molecule has 8 bridgehead atoms. The zero-order valence-electron chi connectivity index (χ0n) is 40.2. The van der Waals surface area contributed by atoms with Gasteiger partial charge in [-0.25, -0.2) is 9.97 Å². The van der Waals surface area contributed by atoms with Crippen molar-refractivity contribution in [1.82, 2.24) is 19.9 Å². The van der Waals surface area contributed by atoms with E-state index in [9.17, 15) is 4.79 Å². The molecule has 5 aromatic carbocycles. The molecular formula is C63H50N8O. The SMILES string of the molecule is CN1CC(c2c3nc(c(C4=Cc5ccccc5N(C)C4)c4ccc([nH]4)c(-c4ccc(NC(=O)c5ccccc5)cc4)c4nc(c(C5=Cc6ccccc6N(C)C5)c5ccc2[nH]5)C=C4)C=C3)=Cc2ccccc21. The van der Waals surface area contributed by atoms with Crippen molar-refractivity contribution in [2.45, 2.75) is 0 Å². The Balaban J connectivity index is 1.10. The van der Waals surface area contributed by atoms with Crippen molar-refractivity contribution in [3.8, 4) is 11.1 Å². The number of aromatic amines is 2. The number of nitrogens with one attached hydrogen (secondary N) is 3. The zero-order valence-corrected chi connectivity index (χ0v) is 40.2. The minimum atomic E-state index is -0.159. The van der Waals surface area contributed by atoms with Gasteiger partial charge >= 0.3 is 0 Å². The second-order valence-corrected chi connectivity index (χ2v) is 19.2. The highest BCUT2D eigenvalue weighted by atomic mass is 16.1. The molecule has 1 amide bonds. The minimum Gasteiger partial charge on any atom is -0.370 e. The van der Waals surface area contributed by atoms with Crippen LogP contribution in [0.5, 0.6) is 0 Å². The highest BCUT2D eigenvalue weighted by molar-refractivity contribution is 6.06. The molecule has 0 unspecified atom stereocenters. The maximum Gasteiger partial charge on any atom is 0.255 e. The molecule has 13 rings (SSSR count). The number of likely N-dealkylation sites (N-methyl/N-ethyl adjacent to an activating group) is 3. The molecule has 5 aliphatic rings. The van der Waals surface area contributed by atoms with E-state index in [2.05, 4.69) is 203 Å². The summed E-state index contributed by atoms with van der Waals surface area (Å²) in [5, 5.41) is 3.09. The summed E-state index contributed by atoms with van der Waals surface area (Å²) >= 11 is 0. The van der Waals surface area contributed by atoms with Crippen molar-refractivity contribution in [2.75, 3.05) is 60.8 Å². The number of fused-ring (bicyclic) bond motifs is 11. The molecule has 8 heterocycles. The van der Waals surface area contributed by atoms with Gasteiger partial charge in [0.15, 0.2) is 0 Å². The van der Waals surface area contributed by atoms with E-state index in [0.717, 1.165) is 94.9 Å². The van der Waals surface area contributed by atoms with Crippen molar-refractivity contribution in [1.29, 1.82) is 0 Å². The van der Waals surface area contributed by atoms with Crippen LogP contribution in [-0.2, 0) is 0 Å². The summed E-state index contributed by atoms with van der Waals surface area (Å²) in [6.45, 7) is 2.10. The Morgan fingerprint density at radius 1 is 0.431 bits per heavy atom. The van der Waals surface area contributed by atoms with E-state index in [-0.39, 0.29) is 5.91 Å². The van der Waals surface area contributed by atoms with Crippen LogP contribution in [0, 0.1) is 0 Å². The lowest BCUT2D eigenvalue weighted by Gasteiger charge is -2.28. The molecule has 0 atom stereocenters. The third kappa shape index (κ3) is 7.54. The van der Waals surface area contributed by atoms with E-state index in [1.54, 1.807) is 0 Å². The summed E-state index contributed by atoms with van der Waals surface area (Å²) in [6, 6.07) is 51.9. The van der Waals surface area contributed by atoms with E-state index in [1.165, 1.54) is 28.2 Å². The maximum absolute atomic E-state index is 13.3. The predicted molar refractivity (Wildman–Crippen MR) is 301 cm³/mol. The molecule has 0 radical (unpaired) electrons. The fourth-order valence-corrected chi connectivity index (χ4v) is 11.1. The van der Waals surface area contributed by atoms with Crippen molar-refractivity contribution >= 4 is 110 Å². The lowest BCUT2D eigenvalue weighted by atomic mass is 9.96. The molecule has 348 valence electrons. The number of H-pyrrole nitrogens is 2. The van der Waals surface area contributed by atoms with Crippen LogP contribution in [0.25, 0.3) is 92.4 Å². The molecule has 8 aromatic rings. The van der Waals surface area contributed by atoms with Gasteiger partial charge in [-0.3, -0.25) is 4.79 Å². The first kappa shape index (κ1) is 42.9. The summed E-state index contributed by atoms with van der Waals surface area (Å²) in [7, 11) is 6.49. The molecule has 72 heavy (non-hydrogen) atoms. The molecule has 0 fully saturated rings. The molecule has 9 heteroatoms. The Morgan fingerprint density at radius 3 is 1.21 bits per heavy atom. The number of aromatic nitrogens is 4. The van der Waals surface area contributed by atoms with Crippen molar-refractivity contribution < 1.29 is 4.79 Å². The topological polar surface area (TPSA) is 96.2 Å². The maximum atomic E-state index is 13.3. The van der Waals surface area contributed by atoms with Crippen LogP contribution in [0.4, 0.5) is 22.7 Å². The second-order valence-electron chi connectivity index (χ2n) is 19.2. The van der Waals surface area contributed by atoms with Crippen molar-refractivity contribution in [3.63, 3.8) is 0 Å². The average Bonchev–Trinajstić information content (AvgIpc) is 4.26. The molecule has 5 aliphatic heterocycles. The average molecular weight is 935 g/mol. The summed E-state index contributed by atoms with van der Waals surface area (Å²) in [5.41, 5.74) is 24.2. The predicted octanol–water partition coefficient (Wildman–Crippen LogP) is 13.5. The van der Waals surface area contributed by atoms with E-state index in [1.807, 2.05) is 42.5 Å². The molecule has 0 spiro atoms.